The van der Waals surface area contributed by atoms with Gasteiger partial charge in [-0.3, -0.25) is 0 Å². The minimum atomic E-state index is 0.901. The van der Waals surface area contributed by atoms with Crippen LogP contribution in [0.25, 0.3) is 0 Å². The van der Waals surface area contributed by atoms with Crippen molar-refractivity contribution in [1.82, 2.24) is 5.32 Å². The summed E-state index contributed by atoms with van der Waals surface area (Å²) in [5.41, 5.74) is 3.98. The number of hydrogen-bond donors (Lipinski definition) is 1. The Morgan fingerprint density at radius 1 is 1.18 bits per heavy atom. The normalized spacial score (nSPS) is 10.8. The molecule has 2 rings (SSSR count). The van der Waals surface area contributed by atoms with Gasteiger partial charge in [-0.2, -0.15) is 0 Å². The third-order valence-corrected chi connectivity index (χ3v) is 4.54. The summed E-state index contributed by atoms with van der Waals surface area (Å²) in [6, 6.07) is 8.66. The number of aryl methyl sites for hydroxylation is 2. The fourth-order valence-electron chi connectivity index (χ4n) is 1.69. The zero-order chi connectivity index (χ0) is 12.3. The Kier molecular flexibility index (Phi) is 4.37. The first kappa shape index (κ1) is 12.8. The zero-order valence-electron chi connectivity index (χ0n) is 10.1. The van der Waals surface area contributed by atoms with Gasteiger partial charge in [0.1, 0.15) is 0 Å². The fourth-order valence-corrected chi connectivity index (χ4v) is 3.20. The molecule has 0 saturated carbocycles. The van der Waals surface area contributed by atoms with Crippen molar-refractivity contribution >= 4 is 27.3 Å². The molecule has 2 aromatic rings. The van der Waals surface area contributed by atoms with Gasteiger partial charge in [0.15, 0.2) is 0 Å². The molecule has 0 saturated heterocycles. The molecule has 90 valence electrons. The molecular formula is C14H16BrNS. The predicted molar refractivity (Wildman–Crippen MR) is 78.5 cm³/mol. The van der Waals surface area contributed by atoms with Crippen molar-refractivity contribution in [2.24, 2.45) is 0 Å². The number of halogens is 1. The molecule has 17 heavy (non-hydrogen) atoms. The van der Waals surface area contributed by atoms with Crippen LogP contribution < -0.4 is 5.32 Å². The van der Waals surface area contributed by atoms with E-state index in [9.17, 15) is 0 Å². The maximum absolute atomic E-state index is 3.60. The Hall–Kier alpha value is -0.640. The van der Waals surface area contributed by atoms with Crippen LogP contribution in [-0.2, 0) is 13.1 Å². The monoisotopic (exact) mass is 309 g/mol. The Bertz CT molecular complexity index is 505. The molecule has 0 bridgehead atoms. The molecule has 0 aliphatic carbocycles. The van der Waals surface area contributed by atoms with Gasteiger partial charge in [-0.05, 0) is 48.1 Å². The van der Waals surface area contributed by atoms with E-state index in [1.54, 1.807) is 0 Å². The number of benzene rings is 1. The topological polar surface area (TPSA) is 12.0 Å². The Balaban J connectivity index is 1.92. The van der Waals surface area contributed by atoms with E-state index < -0.39 is 0 Å². The molecule has 0 aliphatic heterocycles. The van der Waals surface area contributed by atoms with Gasteiger partial charge in [-0.25, -0.2) is 0 Å². The van der Waals surface area contributed by atoms with Crippen molar-refractivity contribution in [3.05, 3.63) is 55.7 Å². The van der Waals surface area contributed by atoms with Gasteiger partial charge in [0, 0.05) is 22.4 Å². The summed E-state index contributed by atoms with van der Waals surface area (Å²) in [4.78, 5) is 1.42. The second kappa shape index (κ2) is 5.80. The average molecular weight is 310 g/mol. The zero-order valence-corrected chi connectivity index (χ0v) is 12.5. The van der Waals surface area contributed by atoms with E-state index in [0.29, 0.717) is 0 Å². The number of rotatable bonds is 4. The Morgan fingerprint density at radius 2 is 2.00 bits per heavy atom. The maximum Gasteiger partial charge on any atom is 0.0305 e. The minimum absolute atomic E-state index is 0.901. The fraction of sp³-hybridized carbons (Fsp3) is 0.286. The lowest BCUT2D eigenvalue weighted by atomic mass is 10.1. The van der Waals surface area contributed by atoms with E-state index in [-0.39, 0.29) is 0 Å². The van der Waals surface area contributed by atoms with Gasteiger partial charge >= 0.3 is 0 Å². The van der Waals surface area contributed by atoms with Crippen LogP contribution in [0.2, 0.25) is 0 Å². The van der Waals surface area contributed by atoms with Crippen molar-refractivity contribution in [3.8, 4) is 0 Å². The van der Waals surface area contributed by atoms with Gasteiger partial charge in [0.05, 0.1) is 0 Å². The molecule has 0 unspecified atom stereocenters. The van der Waals surface area contributed by atoms with Crippen LogP contribution in [0.4, 0.5) is 0 Å². The van der Waals surface area contributed by atoms with Crippen LogP contribution in [0.15, 0.2) is 34.1 Å². The molecule has 0 fully saturated rings. The molecule has 1 aromatic carbocycles. The van der Waals surface area contributed by atoms with Crippen molar-refractivity contribution in [1.29, 1.82) is 0 Å². The van der Waals surface area contributed by atoms with Gasteiger partial charge in [-0.1, -0.05) is 28.1 Å². The number of thiophene rings is 1. The van der Waals surface area contributed by atoms with Gasteiger partial charge in [0.25, 0.3) is 0 Å². The Labute approximate surface area is 115 Å². The van der Waals surface area contributed by atoms with E-state index in [1.807, 2.05) is 11.3 Å². The summed E-state index contributed by atoms with van der Waals surface area (Å²) >= 11 is 5.42. The van der Waals surface area contributed by atoms with Crippen molar-refractivity contribution in [3.63, 3.8) is 0 Å². The first-order chi connectivity index (χ1) is 8.16. The molecule has 0 spiro atoms. The van der Waals surface area contributed by atoms with Crippen molar-refractivity contribution in [2.75, 3.05) is 0 Å². The van der Waals surface area contributed by atoms with Crippen molar-refractivity contribution in [2.45, 2.75) is 26.9 Å². The van der Waals surface area contributed by atoms with E-state index in [0.717, 1.165) is 13.1 Å². The quantitative estimate of drug-likeness (QED) is 0.881. The minimum Gasteiger partial charge on any atom is -0.308 e. The van der Waals surface area contributed by atoms with Crippen LogP contribution in [0, 0.1) is 13.8 Å². The van der Waals surface area contributed by atoms with Crippen LogP contribution >= 0.6 is 27.3 Å². The first-order valence-corrected chi connectivity index (χ1v) is 7.33. The molecule has 0 atom stereocenters. The summed E-state index contributed by atoms with van der Waals surface area (Å²) in [5.74, 6) is 0. The molecule has 1 nitrogen and oxygen atoms in total. The second-order valence-electron chi connectivity index (χ2n) is 4.23. The van der Waals surface area contributed by atoms with E-state index in [2.05, 4.69) is 64.7 Å². The highest BCUT2D eigenvalue weighted by atomic mass is 79.9. The summed E-state index contributed by atoms with van der Waals surface area (Å²) < 4.78 is 1.19. The largest absolute Gasteiger partial charge is 0.308 e. The molecule has 0 radical (unpaired) electrons. The lowest BCUT2D eigenvalue weighted by Crippen LogP contribution is -2.12. The molecule has 1 aromatic heterocycles. The summed E-state index contributed by atoms with van der Waals surface area (Å²) in [6.07, 6.45) is 0. The lowest BCUT2D eigenvalue weighted by Gasteiger charge is -2.07. The van der Waals surface area contributed by atoms with Crippen LogP contribution in [0.1, 0.15) is 21.6 Å². The van der Waals surface area contributed by atoms with Crippen LogP contribution in [0.5, 0.6) is 0 Å². The third-order valence-electron chi connectivity index (χ3n) is 2.78. The molecule has 3 heteroatoms. The highest BCUT2D eigenvalue weighted by Crippen LogP contribution is 2.19. The average Bonchev–Trinajstić information content (AvgIpc) is 2.68. The molecular weight excluding hydrogens is 294 g/mol. The molecule has 1 N–H and O–H groups in total. The van der Waals surface area contributed by atoms with Gasteiger partial charge in [0.2, 0.25) is 0 Å². The standard InChI is InChI=1S/C14H16BrNS/c1-10-3-4-12(13(15)7-10)8-16-9-14-11(2)5-6-17-14/h3-7,16H,8-9H2,1-2H3. The molecule has 0 aliphatic rings. The van der Waals surface area contributed by atoms with Crippen molar-refractivity contribution < 1.29 is 0 Å². The smallest absolute Gasteiger partial charge is 0.0305 e. The van der Waals surface area contributed by atoms with Crippen LogP contribution in [-0.4, -0.2) is 0 Å². The molecule has 0 amide bonds. The third kappa shape index (κ3) is 3.41. The highest BCUT2D eigenvalue weighted by Gasteiger charge is 2.02. The summed E-state index contributed by atoms with van der Waals surface area (Å²) in [5, 5.41) is 5.63. The van der Waals surface area contributed by atoms with Crippen LogP contribution in [0.3, 0.4) is 0 Å². The van der Waals surface area contributed by atoms with Gasteiger partial charge < -0.3 is 5.32 Å². The van der Waals surface area contributed by atoms with E-state index in [1.165, 1.54) is 26.0 Å². The summed E-state index contributed by atoms with van der Waals surface area (Å²) in [6.45, 7) is 6.12. The Morgan fingerprint density at radius 3 is 2.65 bits per heavy atom. The molecule has 1 heterocycles. The number of nitrogens with one attached hydrogen (secondary N) is 1. The van der Waals surface area contributed by atoms with Gasteiger partial charge in [-0.15, -0.1) is 11.3 Å². The maximum atomic E-state index is 3.60. The SMILES string of the molecule is Cc1ccc(CNCc2sccc2C)c(Br)c1. The number of hydrogen-bond acceptors (Lipinski definition) is 2. The first-order valence-electron chi connectivity index (χ1n) is 5.65. The van der Waals surface area contributed by atoms with E-state index in [4.69, 9.17) is 0 Å². The predicted octanol–water partition coefficient (Wildman–Crippen LogP) is 4.42. The highest BCUT2D eigenvalue weighted by molar-refractivity contribution is 9.10. The second-order valence-corrected chi connectivity index (χ2v) is 6.08. The summed E-state index contributed by atoms with van der Waals surface area (Å²) in [7, 11) is 0. The van der Waals surface area contributed by atoms with E-state index >= 15 is 0 Å². The lowest BCUT2D eigenvalue weighted by molar-refractivity contribution is 0.696.